The SMILES string of the molecule is CC1CC(N)CC(C(=O)N2CCCCC2C(N)=O)C1. The molecule has 1 saturated heterocycles. The second-order valence-corrected chi connectivity index (χ2v) is 6.21. The van der Waals surface area contributed by atoms with E-state index < -0.39 is 6.04 Å². The van der Waals surface area contributed by atoms with Crippen molar-refractivity contribution < 1.29 is 9.59 Å². The van der Waals surface area contributed by atoms with Crippen LogP contribution in [0.3, 0.4) is 0 Å². The van der Waals surface area contributed by atoms with Gasteiger partial charge in [0.15, 0.2) is 0 Å². The van der Waals surface area contributed by atoms with Crippen LogP contribution in [-0.2, 0) is 9.59 Å². The number of piperidine rings is 1. The van der Waals surface area contributed by atoms with E-state index in [0.29, 0.717) is 18.9 Å². The van der Waals surface area contributed by atoms with Crippen molar-refractivity contribution >= 4 is 11.8 Å². The van der Waals surface area contributed by atoms with E-state index in [2.05, 4.69) is 6.92 Å². The lowest BCUT2D eigenvalue weighted by Gasteiger charge is -2.39. The van der Waals surface area contributed by atoms with E-state index in [9.17, 15) is 9.59 Å². The lowest BCUT2D eigenvalue weighted by atomic mass is 9.78. The molecule has 19 heavy (non-hydrogen) atoms. The predicted octanol–water partition coefficient (Wildman–Crippen LogP) is 0.616. The summed E-state index contributed by atoms with van der Waals surface area (Å²) in [7, 11) is 0. The van der Waals surface area contributed by atoms with E-state index in [1.165, 1.54) is 0 Å². The molecule has 2 rings (SSSR count). The quantitative estimate of drug-likeness (QED) is 0.768. The Bertz CT molecular complexity index is 349. The standard InChI is InChI=1S/C14H25N3O2/c1-9-6-10(8-11(15)7-9)14(19)17-5-3-2-4-12(17)13(16)18/h9-12H,2-8,15H2,1H3,(H2,16,18). The fourth-order valence-corrected chi connectivity index (χ4v) is 3.58. The molecular weight excluding hydrogens is 242 g/mol. The van der Waals surface area contributed by atoms with Crippen LogP contribution < -0.4 is 11.5 Å². The summed E-state index contributed by atoms with van der Waals surface area (Å²) < 4.78 is 0. The van der Waals surface area contributed by atoms with Crippen molar-refractivity contribution in [3.63, 3.8) is 0 Å². The topological polar surface area (TPSA) is 89.4 Å². The van der Waals surface area contributed by atoms with Crippen LogP contribution in [-0.4, -0.2) is 35.3 Å². The number of rotatable bonds is 2. The monoisotopic (exact) mass is 267 g/mol. The van der Waals surface area contributed by atoms with Crippen LogP contribution in [0.2, 0.25) is 0 Å². The fraction of sp³-hybridized carbons (Fsp3) is 0.857. The zero-order chi connectivity index (χ0) is 14.0. The summed E-state index contributed by atoms with van der Waals surface area (Å²) in [5.41, 5.74) is 11.4. The molecule has 0 bridgehead atoms. The Kier molecular flexibility index (Phi) is 4.45. The molecule has 108 valence electrons. The van der Waals surface area contributed by atoms with Crippen molar-refractivity contribution in [2.45, 2.75) is 57.5 Å². The first-order valence-corrected chi connectivity index (χ1v) is 7.34. The molecule has 1 saturated carbocycles. The van der Waals surface area contributed by atoms with Crippen molar-refractivity contribution in [2.75, 3.05) is 6.54 Å². The molecule has 5 heteroatoms. The van der Waals surface area contributed by atoms with Crippen LogP contribution in [0.15, 0.2) is 0 Å². The number of primary amides is 1. The number of amides is 2. The van der Waals surface area contributed by atoms with Crippen molar-refractivity contribution in [3.8, 4) is 0 Å². The summed E-state index contributed by atoms with van der Waals surface area (Å²) in [4.78, 5) is 25.8. The normalized spacial score (nSPS) is 36.0. The highest BCUT2D eigenvalue weighted by Crippen LogP contribution is 2.31. The van der Waals surface area contributed by atoms with Gasteiger partial charge in [0.05, 0.1) is 0 Å². The molecule has 2 fully saturated rings. The molecule has 2 amide bonds. The number of nitrogens with zero attached hydrogens (tertiary/aromatic N) is 1. The molecule has 4 unspecified atom stereocenters. The Morgan fingerprint density at radius 1 is 1.16 bits per heavy atom. The van der Waals surface area contributed by atoms with Gasteiger partial charge < -0.3 is 16.4 Å². The summed E-state index contributed by atoms with van der Waals surface area (Å²) in [5.74, 6) is 0.167. The van der Waals surface area contributed by atoms with E-state index in [0.717, 1.165) is 32.1 Å². The van der Waals surface area contributed by atoms with Gasteiger partial charge in [-0.1, -0.05) is 6.92 Å². The number of hydrogen-bond donors (Lipinski definition) is 2. The van der Waals surface area contributed by atoms with Gasteiger partial charge in [0.2, 0.25) is 11.8 Å². The van der Waals surface area contributed by atoms with E-state index in [-0.39, 0.29) is 23.8 Å². The van der Waals surface area contributed by atoms with E-state index in [4.69, 9.17) is 11.5 Å². The average molecular weight is 267 g/mol. The maximum absolute atomic E-state index is 12.6. The van der Waals surface area contributed by atoms with E-state index >= 15 is 0 Å². The van der Waals surface area contributed by atoms with Crippen LogP contribution in [0.25, 0.3) is 0 Å². The van der Waals surface area contributed by atoms with Crippen LogP contribution in [0, 0.1) is 11.8 Å². The van der Waals surface area contributed by atoms with Gasteiger partial charge in [0.1, 0.15) is 6.04 Å². The van der Waals surface area contributed by atoms with Crippen molar-refractivity contribution in [1.82, 2.24) is 4.90 Å². The molecular formula is C14H25N3O2. The van der Waals surface area contributed by atoms with Gasteiger partial charge in [0, 0.05) is 18.5 Å². The summed E-state index contributed by atoms with van der Waals surface area (Å²) in [6, 6.07) is -0.302. The molecule has 1 aliphatic carbocycles. The zero-order valence-corrected chi connectivity index (χ0v) is 11.7. The van der Waals surface area contributed by atoms with Crippen molar-refractivity contribution in [1.29, 1.82) is 0 Å². The zero-order valence-electron chi connectivity index (χ0n) is 11.7. The minimum Gasteiger partial charge on any atom is -0.368 e. The van der Waals surface area contributed by atoms with Crippen LogP contribution in [0.5, 0.6) is 0 Å². The average Bonchev–Trinajstić information content (AvgIpc) is 2.36. The maximum Gasteiger partial charge on any atom is 0.240 e. The molecule has 2 aliphatic rings. The Labute approximate surface area is 114 Å². The molecule has 1 aliphatic heterocycles. The fourth-order valence-electron chi connectivity index (χ4n) is 3.58. The highest BCUT2D eigenvalue weighted by Gasteiger charge is 2.37. The molecule has 0 aromatic heterocycles. The first-order valence-electron chi connectivity index (χ1n) is 7.34. The molecule has 4 N–H and O–H groups in total. The number of carbonyl (C=O) groups excluding carboxylic acids is 2. The molecule has 1 heterocycles. The predicted molar refractivity (Wildman–Crippen MR) is 73.0 cm³/mol. The van der Waals surface area contributed by atoms with Gasteiger partial charge >= 0.3 is 0 Å². The number of nitrogens with two attached hydrogens (primary N) is 2. The summed E-state index contributed by atoms with van der Waals surface area (Å²) in [5, 5.41) is 0. The first-order chi connectivity index (χ1) is 8.99. The third-order valence-electron chi connectivity index (χ3n) is 4.44. The molecule has 0 spiro atoms. The lowest BCUT2D eigenvalue weighted by molar-refractivity contribution is -0.145. The third kappa shape index (κ3) is 3.26. The first kappa shape index (κ1) is 14.3. The molecule has 5 nitrogen and oxygen atoms in total. The van der Waals surface area contributed by atoms with Gasteiger partial charge in [-0.3, -0.25) is 9.59 Å². The second kappa shape index (κ2) is 5.90. The Balaban J connectivity index is 2.06. The smallest absolute Gasteiger partial charge is 0.240 e. The number of hydrogen-bond acceptors (Lipinski definition) is 3. The van der Waals surface area contributed by atoms with E-state index in [1.54, 1.807) is 4.90 Å². The largest absolute Gasteiger partial charge is 0.368 e. The summed E-state index contributed by atoms with van der Waals surface area (Å²) in [6.45, 7) is 2.80. The number of carbonyl (C=O) groups is 2. The van der Waals surface area contributed by atoms with Crippen molar-refractivity contribution in [3.05, 3.63) is 0 Å². The van der Waals surface area contributed by atoms with E-state index in [1.807, 2.05) is 0 Å². The van der Waals surface area contributed by atoms with Crippen LogP contribution in [0.4, 0.5) is 0 Å². The van der Waals surface area contributed by atoms with Gasteiger partial charge in [-0.25, -0.2) is 0 Å². The van der Waals surface area contributed by atoms with Gasteiger partial charge in [0.25, 0.3) is 0 Å². The minimum absolute atomic E-state index is 0.0290. The van der Waals surface area contributed by atoms with Crippen LogP contribution >= 0.6 is 0 Å². The Morgan fingerprint density at radius 3 is 2.53 bits per heavy atom. The molecule has 0 radical (unpaired) electrons. The number of likely N-dealkylation sites (tertiary alicyclic amines) is 1. The van der Waals surface area contributed by atoms with Gasteiger partial charge in [-0.05, 0) is 44.4 Å². The molecule has 0 aromatic rings. The van der Waals surface area contributed by atoms with Crippen molar-refractivity contribution in [2.24, 2.45) is 23.3 Å². The van der Waals surface area contributed by atoms with Crippen LogP contribution in [0.1, 0.15) is 45.4 Å². The highest BCUT2D eigenvalue weighted by molar-refractivity contribution is 5.87. The van der Waals surface area contributed by atoms with Gasteiger partial charge in [-0.15, -0.1) is 0 Å². The Morgan fingerprint density at radius 2 is 1.89 bits per heavy atom. The maximum atomic E-state index is 12.6. The Hall–Kier alpha value is -1.10. The highest BCUT2D eigenvalue weighted by atomic mass is 16.2. The third-order valence-corrected chi connectivity index (χ3v) is 4.44. The van der Waals surface area contributed by atoms with Gasteiger partial charge in [-0.2, -0.15) is 0 Å². The minimum atomic E-state index is -0.408. The molecule has 0 aromatic carbocycles. The summed E-state index contributed by atoms with van der Waals surface area (Å²) in [6.07, 6.45) is 5.25. The second-order valence-electron chi connectivity index (χ2n) is 6.21. The lowest BCUT2D eigenvalue weighted by Crippen LogP contribution is -2.53. The molecule has 4 atom stereocenters. The summed E-state index contributed by atoms with van der Waals surface area (Å²) >= 11 is 0.